The van der Waals surface area contributed by atoms with Gasteiger partial charge in [0.15, 0.2) is 11.5 Å². The Bertz CT molecular complexity index is 864. The van der Waals surface area contributed by atoms with Gasteiger partial charge in [-0.2, -0.15) is 11.8 Å². The van der Waals surface area contributed by atoms with Gasteiger partial charge in [0.1, 0.15) is 6.04 Å². The highest BCUT2D eigenvalue weighted by Gasteiger charge is 2.39. The lowest BCUT2D eigenvalue weighted by Crippen LogP contribution is -2.55. The Morgan fingerprint density at radius 3 is 2.45 bits per heavy atom. The van der Waals surface area contributed by atoms with Gasteiger partial charge in [-0.25, -0.2) is 0 Å². The molecule has 0 radical (unpaired) electrons. The number of nitrogens with one attached hydrogen (secondary N) is 1. The summed E-state index contributed by atoms with van der Waals surface area (Å²) in [6.45, 7) is 0.134. The van der Waals surface area contributed by atoms with Gasteiger partial charge in [0, 0.05) is 17.6 Å². The largest absolute Gasteiger partial charge is 0.454 e. The van der Waals surface area contributed by atoms with Gasteiger partial charge in [0.05, 0.1) is 0 Å². The number of carbonyl (C=O) groups is 3. The van der Waals surface area contributed by atoms with Crippen molar-refractivity contribution in [3.63, 3.8) is 0 Å². The van der Waals surface area contributed by atoms with Crippen LogP contribution in [0.4, 0.5) is 0 Å². The van der Waals surface area contributed by atoms with Crippen molar-refractivity contribution < 1.29 is 23.9 Å². The van der Waals surface area contributed by atoms with Crippen molar-refractivity contribution in [2.45, 2.75) is 82.3 Å². The Hall–Kier alpha value is -2.22. The number of carbonyl (C=O) groups excluding carboxylic acids is 3. The van der Waals surface area contributed by atoms with Crippen LogP contribution in [-0.2, 0) is 9.59 Å². The molecule has 0 bridgehead atoms. The molecule has 180 valence electrons. The van der Waals surface area contributed by atoms with E-state index in [0.717, 1.165) is 57.8 Å². The van der Waals surface area contributed by atoms with E-state index in [4.69, 9.17) is 9.47 Å². The van der Waals surface area contributed by atoms with Gasteiger partial charge in [0.25, 0.3) is 11.8 Å². The molecule has 2 amide bonds. The molecule has 3 aliphatic rings. The molecule has 1 heterocycles. The van der Waals surface area contributed by atoms with Gasteiger partial charge in [0.2, 0.25) is 12.6 Å². The molecule has 7 nitrogen and oxygen atoms in total. The molecule has 1 N–H and O–H groups in total. The zero-order valence-electron chi connectivity index (χ0n) is 19.3. The molecular formula is C25H34N2O5S. The molecule has 1 aliphatic heterocycles. The SMILES string of the molecule is CSCC[C@@H](C(=O)C(=O)NC1CCCC1)N(C(=O)c1ccc2c(c1)OCO2)C1CCCCC1. The molecule has 1 aromatic carbocycles. The molecule has 0 spiro atoms. The topological polar surface area (TPSA) is 84.9 Å². The van der Waals surface area contributed by atoms with Crippen LogP contribution in [0.25, 0.3) is 0 Å². The fourth-order valence-electron chi connectivity index (χ4n) is 5.20. The van der Waals surface area contributed by atoms with E-state index in [1.165, 1.54) is 0 Å². The van der Waals surface area contributed by atoms with E-state index in [-0.39, 0.29) is 24.8 Å². The van der Waals surface area contributed by atoms with E-state index in [9.17, 15) is 14.4 Å². The minimum absolute atomic E-state index is 0.0493. The van der Waals surface area contributed by atoms with Crippen LogP contribution in [0, 0.1) is 0 Å². The van der Waals surface area contributed by atoms with Crippen molar-refractivity contribution in [2.24, 2.45) is 0 Å². The minimum Gasteiger partial charge on any atom is -0.454 e. The fourth-order valence-corrected chi connectivity index (χ4v) is 5.66. The summed E-state index contributed by atoms with van der Waals surface area (Å²) >= 11 is 1.62. The first-order chi connectivity index (χ1) is 16.1. The van der Waals surface area contributed by atoms with Crippen molar-refractivity contribution in [2.75, 3.05) is 18.8 Å². The summed E-state index contributed by atoms with van der Waals surface area (Å²) in [6.07, 6.45) is 11.3. The maximum Gasteiger partial charge on any atom is 0.289 e. The molecule has 2 fully saturated rings. The Balaban J connectivity index is 1.61. The van der Waals surface area contributed by atoms with E-state index in [1.807, 2.05) is 6.26 Å². The first-order valence-electron chi connectivity index (χ1n) is 12.1. The molecule has 33 heavy (non-hydrogen) atoms. The normalized spacial score (nSPS) is 19.3. The average Bonchev–Trinajstić information content (AvgIpc) is 3.53. The smallest absolute Gasteiger partial charge is 0.289 e. The first kappa shape index (κ1) is 23.9. The standard InChI is InChI=1S/C25H34N2O5S/c1-33-14-13-20(23(28)24(29)26-18-7-5-6-8-18)27(19-9-3-2-4-10-19)25(30)17-11-12-21-22(15-17)32-16-31-21/h11-12,15,18-20H,2-10,13-14,16H2,1H3,(H,26,29)/t20-/m0/s1. The number of thioether (sulfide) groups is 1. The number of ketones is 1. The Morgan fingerprint density at radius 1 is 1.03 bits per heavy atom. The lowest BCUT2D eigenvalue weighted by molar-refractivity contribution is -0.141. The van der Waals surface area contributed by atoms with Crippen molar-refractivity contribution in [3.05, 3.63) is 23.8 Å². The number of hydrogen-bond acceptors (Lipinski definition) is 6. The highest BCUT2D eigenvalue weighted by Crippen LogP contribution is 2.34. The Kier molecular flexibility index (Phi) is 8.17. The summed E-state index contributed by atoms with van der Waals surface area (Å²) in [5.74, 6) is 0.596. The lowest BCUT2D eigenvalue weighted by atomic mass is 9.91. The highest BCUT2D eigenvalue weighted by atomic mass is 32.2. The Labute approximate surface area is 199 Å². The summed E-state index contributed by atoms with van der Waals surface area (Å²) in [7, 11) is 0. The van der Waals surface area contributed by atoms with Gasteiger partial charge in [-0.05, 0) is 62.3 Å². The van der Waals surface area contributed by atoms with E-state index in [1.54, 1.807) is 34.9 Å². The van der Waals surface area contributed by atoms with Crippen LogP contribution in [0.1, 0.15) is 74.6 Å². The number of rotatable bonds is 9. The number of Topliss-reactive ketones (excluding diaryl/α,β-unsaturated/α-hetero) is 1. The molecule has 8 heteroatoms. The second kappa shape index (κ2) is 11.3. The third-order valence-electron chi connectivity index (χ3n) is 6.97. The van der Waals surface area contributed by atoms with Crippen LogP contribution in [0.3, 0.4) is 0 Å². The van der Waals surface area contributed by atoms with Gasteiger partial charge < -0.3 is 19.7 Å². The summed E-state index contributed by atoms with van der Waals surface area (Å²) in [4.78, 5) is 42.0. The summed E-state index contributed by atoms with van der Waals surface area (Å²) in [5, 5.41) is 2.94. The minimum atomic E-state index is -0.764. The maximum atomic E-state index is 13.9. The number of nitrogens with zero attached hydrogens (tertiary/aromatic N) is 1. The third kappa shape index (κ3) is 5.65. The summed E-state index contributed by atoms with van der Waals surface area (Å²) < 4.78 is 10.9. The number of benzene rings is 1. The quantitative estimate of drug-likeness (QED) is 0.546. The number of fused-ring (bicyclic) bond motifs is 1. The van der Waals surface area contributed by atoms with Crippen LogP contribution in [0.5, 0.6) is 11.5 Å². The van der Waals surface area contributed by atoms with Gasteiger partial charge >= 0.3 is 0 Å². The van der Waals surface area contributed by atoms with Crippen molar-refractivity contribution in [1.82, 2.24) is 10.2 Å². The second-order valence-electron chi connectivity index (χ2n) is 9.19. The van der Waals surface area contributed by atoms with Gasteiger partial charge in [-0.3, -0.25) is 14.4 Å². The van der Waals surface area contributed by atoms with Crippen LogP contribution in [-0.4, -0.2) is 59.4 Å². The molecule has 2 aliphatic carbocycles. The average molecular weight is 475 g/mol. The second-order valence-corrected chi connectivity index (χ2v) is 10.2. The van der Waals surface area contributed by atoms with E-state index in [2.05, 4.69) is 5.32 Å². The maximum absolute atomic E-state index is 13.9. The third-order valence-corrected chi connectivity index (χ3v) is 7.61. The molecule has 0 saturated heterocycles. The van der Waals surface area contributed by atoms with Crippen molar-refractivity contribution >= 4 is 29.4 Å². The van der Waals surface area contributed by atoms with Crippen LogP contribution < -0.4 is 14.8 Å². The van der Waals surface area contributed by atoms with Crippen LogP contribution in [0.15, 0.2) is 18.2 Å². The molecule has 0 unspecified atom stereocenters. The zero-order valence-corrected chi connectivity index (χ0v) is 20.2. The molecule has 0 aromatic heterocycles. The van der Waals surface area contributed by atoms with Crippen molar-refractivity contribution in [1.29, 1.82) is 0 Å². The number of hydrogen-bond donors (Lipinski definition) is 1. The molecule has 1 aromatic rings. The predicted molar refractivity (Wildman–Crippen MR) is 128 cm³/mol. The molecule has 4 rings (SSSR count). The van der Waals surface area contributed by atoms with Crippen LogP contribution in [0.2, 0.25) is 0 Å². The van der Waals surface area contributed by atoms with Gasteiger partial charge in [-0.15, -0.1) is 0 Å². The van der Waals surface area contributed by atoms with E-state index < -0.39 is 17.7 Å². The highest BCUT2D eigenvalue weighted by molar-refractivity contribution is 7.98. The number of amides is 2. The fraction of sp³-hybridized carbons (Fsp3) is 0.640. The van der Waals surface area contributed by atoms with E-state index >= 15 is 0 Å². The van der Waals surface area contributed by atoms with Gasteiger partial charge in [-0.1, -0.05) is 32.1 Å². The molecule has 2 saturated carbocycles. The molecule has 1 atom stereocenters. The number of ether oxygens (including phenoxy) is 2. The van der Waals surface area contributed by atoms with E-state index in [0.29, 0.717) is 29.2 Å². The zero-order chi connectivity index (χ0) is 23.2. The molecular weight excluding hydrogens is 440 g/mol. The lowest BCUT2D eigenvalue weighted by Gasteiger charge is -2.39. The summed E-state index contributed by atoms with van der Waals surface area (Å²) in [6, 6.07) is 4.40. The predicted octanol–water partition coefficient (Wildman–Crippen LogP) is 3.94. The van der Waals surface area contributed by atoms with Crippen LogP contribution >= 0.6 is 11.8 Å². The first-order valence-corrected chi connectivity index (χ1v) is 13.5. The van der Waals surface area contributed by atoms with Crippen molar-refractivity contribution in [3.8, 4) is 11.5 Å². The monoisotopic (exact) mass is 474 g/mol. The Morgan fingerprint density at radius 2 is 1.73 bits per heavy atom. The summed E-state index contributed by atoms with van der Waals surface area (Å²) in [5.41, 5.74) is 0.461.